The van der Waals surface area contributed by atoms with Crippen LogP contribution in [0.2, 0.25) is 0 Å². The average Bonchev–Trinajstić information content (AvgIpc) is 2.39. The number of benzene rings is 2. The lowest BCUT2D eigenvalue weighted by molar-refractivity contribution is 0.0599. The first-order valence-electron chi connectivity index (χ1n) is 7.02. The van der Waals surface area contributed by atoms with E-state index in [1.54, 1.807) is 0 Å². The minimum atomic E-state index is 0.208. The molecule has 20 heavy (non-hydrogen) atoms. The molecule has 0 fully saturated rings. The van der Waals surface area contributed by atoms with Gasteiger partial charge >= 0.3 is 0 Å². The predicted octanol–water partition coefficient (Wildman–Crippen LogP) is 4.99. The summed E-state index contributed by atoms with van der Waals surface area (Å²) in [6.45, 7) is 7.96. The van der Waals surface area contributed by atoms with E-state index in [9.17, 15) is 0 Å². The zero-order valence-electron chi connectivity index (χ0n) is 12.5. The van der Waals surface area contributed by atoms with Crippen LogP contribution in [0.15, 0.2) is 54.6 Å². The third-order valence-electron chi connectivity index (χ3n) is 2.79. The molecule has 0 atom stereocenters. The number of ether oxygens (including phenoxy) is 1. The van der Waals surface area contributed by atoms with Gasteiger partial charge in [0.2, 0.25) is 0 Å². The number of hydrogen-bond donors (Lipinski definition) is 1. The topological polar surface area (TPSA) is 21.3 Å². The predicted molar refractivity (Wildman–Crippen MR) is 85.3 cm³/mol. The first-order chi connectivity index (χ1) is 9.53. The van der Waals surface area contributed by atoms with Gasteiger partial charge in [-0.05, 0) is 35.2 Å². The van der Waals surface area contributed by atoms with E-state index in [1.807, 2.05) is 18.2 Å². The third kappa shape index (κ3) is 5.06. The second-order valence-electron chi connectivity index (χ2n) is 6.24. The minimum Gasteiger partial charge on any atom is -0.376 e. The van der Waals surface area contributed by atoms with Gasteiger partial charge < -0.3 is 10.1 Å². The van der Waals surface area contributed by atoms with E-state index in [4.69, 9.17) is 4.74 Å². The maximum atomic E-state index is 5.76. The molecule has 106 valence electrons. The standard InChI is InChI=1S/C18H23NO/c1-18(2,3)14-20-13-15-8-7-11-17(12-15)19-16-9-5-4-6-10-16/h4-12,19H,13-14H2,1-3H3. The van der Waals surface area contributed by atoms with Crippen LogP contribution in [0.5, 0.6) is 0 Å². The summed E-state index contributed by atoms with van der Waals surface area (Å²) in [6.07, 6.45) is 0. The zero-order valence-corrected chi connectivity index (χ0v) is 12.5. The van der Waals surface area contributed by atoms with Gasteiger partial charge in [0.05, 0.1) is 13.2 Å². The van der Waals surface area contributed by atoms with Crippen molar-refractivity contribution in [1.29, 1.82) is 0 Å². The molecule has 0 aliphatic heterocycles. The van der Waals surface area contributed by atoms with E-state index in [-0.39, 0.29) is 5.41 Å². The van der Waals surface area contributed by atoms with Gasteiger partial charge in [-0.3, -0.25) is 0 Å². The van der Waals surface area contributed by atoms with E-state index in [1.165, 1.54) is 5.56 Å². The number of rotatable bonds is 5. The molecule has 1 N–H and O–H groups in total. The molecule has 0 heterocycles. The molecule has 0 aliphatic rings. The molecule has 2 aromatic rings. The van der Waals surface area contributed by atoms with Crippen LogP contribution in [0.25, 0.3) is 0 Å². The molecule has 0 saturated heterocycles. The second-order valence-corrected chi connectivity index (χ2v) is 6.24. The lowest BCUT2D eigenvalue weighted by atomic mass is 9.99. The molecule has 0 bridgehead atoms. The smallest absolute Gasteiger partial charge is 0.0717 e. The molecule has 2 rings (SSSR count). The van der Waals surface area contributed by atoms with Crippen molar-refractivity contribution in [3.05, 3.63) is 60.2 Å². The van der Waals surface area contributed by atoms with Gasteiger partial charge in [0.15, 0.2) is 0 Å². The fraction of sp³-hybridized carbons (Fsp3) is 0.333. The summed E-state index contributed by atoms with van der Waals surface area (Å²) in [4.78, 5) is 0. The first kappa shape index (κ1) is 14.6. The zero-order chi connectivity index (χ0) is 14.4. The Hall–Kier alpha value is -1.80. The Morgan fingerprint density at radius 1 is 0.900 bits per heavy atom. The van der Waals surface area contributed by atoms with Crippen LogP contribution in [0.3, 0.4) is 0 Å². The van der Waals surface area contributed by atoms with Gasteiger partial charge in [-0.2, -0.15) is 0 Å². The molecule has 0 radical (unpaired) electrons. The van der Waals surface area contributed by atoms with Crippen LogP contribution in [-0.2, 0) is 11.3 Å². The Bertz CT molecular complexity index is 529. The quantitative estimate of drug-likeness (QED) is 0.825. The SMILES string of the molecule is CC(C)(C)COCc1cccc(Nc2ccccc2)c1. The van der Waals surface area contributed by atoms with Crippen LogP contribution in [0.1, 0.15) is 26.3 Å². The van der Waals surface area contributed by atoms with Gasteiger partial charge in [0.1, 0.15) is 0 Å². The van der Waals surface area contributed by atoms with Crippen molar-refractivity contribution in [2.75, 3.05) is 11.9 Å². The number of anilines is 2. The highest BCUT2D eigenvalue weighted by molar-refractivity contribution is 5.59. The summed E-state index contributed by atoms with van der Waals surface area (Å²) in [5, 5.41) is 3.40. The monoisotopic (exact) mass is 269 g/mol. The average molecular weight is 269 g/mol. The largest absolute Gasteiger partial charge is 0.376 e. The van der Waals surface area contributed by atoms with Gasteiger partial charge in [0.25, 0.3) is 0 Å². The Labute approximate surface area is 121 Å². The van der Waals surface area contributed by atoms with Crippen molar-refractivity contribution < 1.29 is 4.74 Å². The van der Waals surface area contributed by atoms with Gasteiger partial charge in [-0.15, -0.1) is 0 Å². The van der Waals surface area contributed by atoms with E-state index in [0.29, 0.717) is 6.61 Å². The van der Waals surface area contributed by atoms with Crippen molar-refractivity contribution >= 4 is 11.4 Å². The molecule has 0 saturated carbocycles. The van der Waals surface area contributed by atoms with Gasteiger partial charge in [-0.25, -0.2) is 0 Å². The summed E-state index contributed by atoms with van der Waals surface area (Å²) >= 11 is 0. The maximum absolute atomic E-state index is 5.76. The Balaban J connectivity index is 1.94. The molecule has 0 aromatic heterocycles. The van der Waals surface area contributed by atoms with Crippen molar-refractivity contribution in [3.8, 4) is 0 Å². The summed E-state index contributed by atoms with van der Waals surface area (Å²) in [5.41, 5.74) is 3.59. The highest BCUT2D eigenvalue weighted by atomic mass is 16.5. The fourth-order valence-electron chi connectivity index (χ4n) is 1.90. The van der Waals surface area contributed by atoms with Crippen molar-refractivity contribution in [1.82, 2.24) is 0 Å². The molecule has 2 aromatic carbocycles. The molecule has 0 spiro atoms. The molecular formula is C18H23NO. The molecule has 0 unspecified atom stereocenters. The van der Waals surface area contributed by atoms with Crippen LogP contribution in [-0.4, -0.2) is 6.61 Å². The summed E-state index contributed by atoms with van der Waals surface area (Å²) < 4.78 is 5.76. The van der Waals surface area contributed by atoms with Crippen LogP contribution in [0.4, 0.5) is 11.4 Å². The van der Waals surface area contributed by atoms with E-state index >= 15 is 0 Å². The number of hydrogen-bond acceptors (Lipinski definition) is 2. The lowest BCUT2D eigenvalue weighted by Crippen LogP contribution is -2.14. The maximum Gasteiger partial charge on any atom is 0.0717 e. The normalized spacial score (nSPS) is 11.3. The molecule has 0 amide bonds. The molecule has 2 nitrogen and oxygen atoms in total. The Morgan fingerprint density at radius 3 is 2.30 bits per heavy atom. The van der Waals surface area contributed by atoms with Crippen LogP contribution < -0.4 is 5.32 Å². The highest BCUT2D eigenvalue weighted by Crippen LogP contribution is 2.19. The highest BCUT2D eigenvalue weighted by Gasteiger charge is 2.09. The molecular weight excluding hydrogens is 246 g/mol. The minimum absolute atomic E-state index is 0.208. The van der Waals surface area contributed by atoms with Crippen molar-refractivity contribution in [2.45, 2.75) is 27.4 Å². The third-order valence-corrected chi connectivity index (χ3v) is 2.79. The fourth-order valence-corrected chi connectivity index (χ4v) is 1.90. The molecule has 2 heteroatoms. The molecule has 0 aliphatic carbocycles. The van der Waals surface area contributed by atoms with Gasteiger partial charge in [-0.1, -0.05) is 51.1 Å². The first-order valence-corrected chi connectivity index (χ1v) is 7.02. The summed E-state index contributed by atoms with van der Waals surface area (Å²) in [7, 11) is 0. The van der Waals surface area contributed by atoms with Gasteiger partial charge in [0, 0.05) is 11.4 Å². The lowest BCUT2D eigenvalue weighted by Gasteiger charge is -2.18. The van der Waals surface area contributed by atoms with E-state index < -0.39 is 0 Å². The second kappa shape index (κ2) is 6.58. The van der Waals surface area contributed by atoms with Crippen LogP contribution in [0, 0.1) is 5.41 Å². The van der Waals surface area contributed by atoms with E-state index in [2.05, 4.69) is 62.5 Å². The van der Waals surface area contributed by atoms with Crippen molar-refractivity contribution in [3.63, 3.8) is 0 Å². The van der Waals surface area contributed by atoms with E-state index in [0.717, 1.165) is 18.0 Å². The number of para-hydroxylation sites is 1. The van der Waals surface area contributed by atoms with Crippen molar-refractivity contribution in [2.24, 2.45) is 5.41 Å². The Kier molecular flexibility index (Phi) is 4.80. The Morgan fingerprint density at radius 2 is 1.60 bits per heavy atom. The summed E-state index contributed by atoms with van der Waals surface area (Å²) in [6, 6.07) is 18.5. The number of nitrogens with one attached hydrogen (secondary N) is 1. The van der Waals surface area contributed by atoms with Crippen LogP contribution >= 0.6 is 0 Å². The summed E-state index contributed by atoms with van der Waals surface area (Å²) in [5.74, 6) is 0.